The summed E-state index contributed by atoms with van der Waals surface area (Å²) in [6.07, 6.45) is 3.56. The van der Waals surface area contributed by atoms with Crippen LogP contribution in [0.4, 0.5) is 11.4 Å². The minimum absolute atomic E-state index is 0.276. The highest BCUT2D eigenvalue weighted by Gasteiger charge is 2.42. The molecule has 1 aliphatic heterocycles. The number of anilines is 1. The summed E-state index contributed by atoms with van der Waals surface area (Å²) < 4.78 is 10.4. The van der Waals surface area contributed by atoms with Gasteiger partial charge in [0, 0.05) is 19.2 Å². The minimum atomic E-state index is -0.289. The molecular formula is C28H25N4O3+. The first kappa shape index (κ1) is 22.2. The number of aromatic nitrogens is 2. The van der Waals surface area contributed by atoms with Gasteiger partial charge in [-0.3, -0.25) is 14.3 Å². The molecule has 0 spiro atoms. The Morgan fingerprint density at radius 2 is 1.57 bits per heavy atom. The van der Waals surface area contributed by atoms with E-state index in [0.29, 0.717) is 22.7 Å². The second-order valence-corrected chi connectivity index (χ2v) is 8.21. The summed E-state index contributed by atoms with van der Waals surface area (Å²) in [5.41, 5.74) is 3.47. The number of para-hydroxylation sites is 2. The zero-order chi connectivity index (χ0) is 24.5. The maximum Gasteiger partial charge on any atom is 0.320 e. The first-order valence-corrected chi connectivity index (χ1v) is 11.2. The Bertz CT molecular complexity index is 1530. The van der Waals surface area contributed by atoms with Crippen LogP contribution in [0, 0.1) is 6.92 Å². The van der Waals surface area contributed by atoms with Crippen molar-refractivity contribution in [2.75, 3.05) is 12.1 Å². The zero-order valence-electron chi connectivity index (χ0n) is 19.8. The topological polar surface area (TPSA) is 59.5 Å². The molecule has 0 radical (unpaired) electrons. The molecule has 0 aliphatic carbocycles. The van der Waals surface area contributed by atoms with E-state index in [0.717, 1.165) is 16.9 Å². The maximum absolute atomic E-state index is 13.8. The average molecular weight is 466 g/mol. The van der Waals surface area contributed by atoms with E-state index in [2.05, 4.69) is 0 Å². The van der Waals surface area contributed by atoms with Crippen LogP contribution in [0.3, 0.4) is 0 Å². The predicted octanol–water partition coefficient (Wildman–Crippen LogP) is 4.25. The molecular weight excluding hydrogens is 440 g/mol. The van der Waals surface area contributed by atoms with Crippen molar-refractivity contribution in [1.82, 2.24) is 9.36 Å². The molecule has 174 valence electrons. The van der Waals surface area contributed by atoms with Gasteiger partial charge in [0.25, 0.3) is 0 Å². The van der Waals surface area contributed by atoms with Crippen molar-refractivity contribution >= 4 is 29.6 Å². The van der Waals surface area contributed by atoms with E-state index in [-0.39, 0.29) is 11.5 Å². The molecule has 5 rings (SSSR count). The van der Waals surface area contributed by atoms with E-state index < -0.39 is 0 Å². The third-order valence-electron chi connectivity index (χ3n) is 6.09. The summed E-state index contributed by atoms with van der Waals surface area (Å²) >= 11 is 0. The molecule has 0 unspecified atom stereocenters. The van der Waals surface area contributed by atoms with Gasteiger partial charge in [0.1, 0.15) is 11.3 Å². The number of amides is 1. The first-order valence-electron chi connectivity index (χ1n) is 11.2. The number of nitrogens with zero attached hydrogens (tertiary/aromatic N) is 4. The van der Waals surface area contributed by atoms with Gasteiger partial charge >= 0.3 is 11.5 Å². The van der Waals surface area contributed by atoms with Crippen LogP contribution in [-0.2, 0) is 11.8 Å². The lowest BCUT2D eigenvalue weighted by Crippen LogP contribution is -2.36. The molecule has 1 aliphatic rings. The fraction of sp³-hybridized carbons (Fsp3) is 0.107. The van der Waals surface area contributed by atoms with E-state index in [1.54, 1.807) is 33.4 Å². The van der Waals surface area contributed by atoms with Gasteiger partial charge in [-0.05, 0) is 42.8 Å². The highest BCUT2D eigenvalue weighted by molar-refractivity contribution is 6.23. The SMILES string of the molecule is COc1cccc(/C=C2\C=[N+](c3ccccc3)N(c3c(C)n(C)n(-c4ccccc4)c3=O)C2=O)c1. The second kappa shape index (κ2) is 8.95. The van der Waals surface area contributed by atoms with Crippen LogP contribution in [0.25, 0.3) is 11.8 Å². The van der Waals surface area contributed by atoms with Gasteiger partial charge < -0.3 is 4.74 Å². The quantitative estimate of drug-likeness (QED) is 0.327. The molecule has 2 heterocycles. The smallest absolute Gasteiger partial charge is 0.320 e. The summed E-state index contributed by atoms with van der Waals surface area (Å²) in [5.74, 6) is 0.411. The minimum Gasteiger partial charge on any atom is -0.497 e. The van der Waals surface area contributed by atoms with Gasteiger partial charge in [-0.25, -0.2) is 4.68 Å². The number of hydrazone groups is 1. The number of ether oxygens (including phenoxy) is 1. The summed E-state index contributed by atoms with van der Waals surface area (Å²) in [6, 6.07) is 26.4. The van der Waals surface area contributed by atoms with Crippen LogP contribution < -0.4 is 15.3 Å². The predicted molar refractivity (Wildman–Crippen MR) is 137 cm³/mol. The molecule has 0 atom stereocenters. The van der Waals surface area contributed by atoms with Crippen LogP contribution in [-0.4, -0.2) is 33.3 Å². The lowest BCUT2D eigenvalue weighted by Gasteiger charge is -2.11. The van der Waals surface area contributed by atoms with Crippen molar-refractivity contribution in [2.45, 2.75) is 6.92 Å². The molecule has 7 heteroatoms. The van der Waals surface area contributed by atoms with E-state index >= 15 is 0 Å². The summed E-state index contributed by atoms with van der Waals surface area (Å²) in [5, 5.41) is 1.46. The first-order chi connectivity index (χ1) is 17.0. The Labute approximate surface area is 203 Å². The fourth-order valence-electron chi connectivity index (χ4n) is 4.25. The number of carbonyl (C=O) groups excluding carboxylic acids is 1. The number of carbonyl (C=O) groups is 1. The molecule has 0 N–H and O–H groups in total. The monoisotopic (exact) mass is 465 g/mol. The Kier molecular flexibility index (Phi) is 5.66. The Balaban J connectivity index is 1.69. The molecule has 1 amide bonds. The van der Waals surface area contributed by atoms with Crippen molar-refractivity contribution in [3.8, 4) is 11.4 Å². The van der Waals surface area contributed by atoms with Crippen LogP contribution in [0.2, 0.25) is 0 Å². The highest BCUT2D eigenvalue weighted by Crippen LogP contribution is 2.28. The third kappa shape index (κ3) is 3.87. The molecule has 0 fully saturated rings. The molecule has 7 nitrogen and oxygen atoms in total. The second-order valence-electron chi connectivity index (χ2n) is 8.21. The van der Waals surface area contributed by atoms with Crippen LogP contribution in [0.15, 0.2) is 95.3 Å². The molecule has 1 aromatic heterocycles. The average Bonchev–Trinajstić information content (AvgIpc) is 3.31. The number of hydrazine groups is 1. The Hall–Kier alpha value is -4.65. The Morgan fingerprint density at radius 3 is 2.26 bits per heavy atom. The molecule has 35 heavy (non-hydrogen) atoms. The third-order valence-corrected chi connectivity index (χ3v) is 6.09. The molecule has 3 aromatic carbocycles. The largest absolute Gasteiger partial charge is 0.497 e. The van der Waals surface area contributed by atoms with Gasteiger partial charge in [-0.2, -0.15) is 0 Å². The van der Waals surface area contributed by atoms with Crippen molar-refractivity contribution in [2.24, 2.45) is 7.05 Å². The van der Waals surface area contributed by atoms with E-state index in [9.17, 15) is 9.59 Å². The normalized spacial score (nSPS) is 14.5. The maximum atomic E-state index is 13.8. The molecule has 0 saturated heterocycles. The van der Waals surface area contributed by atoms with Crippen molar-refractivity contribution in [3.05, 3.63) is 112 Å². The number of methoxy groups -OCH3 is 1. The van der Waals surface area contributed by atoms with Gasteiger partial charge in [-0.1, -0.05) is 58.2 Å². The lowest BCUT2D eigenvalue weighted by molar-refractivity contribution is -0.434. The van der Waals surface area contributed by atoms with Crippen LogP contribution in [0.5, 0.6) is 5.75 Å². The van der Waals surface area contributed by atoms with Gasteiger partial charge in [0.2, 0.25) is 11.9 Å². The van der Waals surface area contributed by atoms with Gasteiger partial charge in [-0.15, -0.1) is 0 Å². The number of hydrogen-bond acceptors (Lipinski definition) is 3. The van der Waals surface area contributed by atoms with Crippen molar-refractivity contribution < 1.29 is 14.2 Å². The standard InChI is InChI=1S/C28H25N4O3/c1-20-26(28(34)31(29(20)2)24-14-8-5-9-15-24)32-27(33)22(17-21-11-10-16-25(18-21)35-3)19-30(32)23-12-6-4-7-13-23/h4-19H,1-3H3/q+1/b22-17+. The van der Waals surface area contributed by atoms with Crippen LogP contribution in [0.1, 0.15) is 11.3 Å². The van der Waals surface area contributed by atoms with E-state index in [1.165, 1.54) is 5.01 Å². The summed E-state index contributed by atoms with van der Waals surface area (Å²) in [6.45, 7) is 1.84. The highest BCUT2D eigenvalue weighted by atomic mass is 16.5. The molecule has 0 saturated carbocycles. The molecule has 0 bridgehead atoms. The number of rotatable bonds is 5. The molecule has 4 aromatic rings. The Morgan fingerprint density at radius 1 is 0.886 bits per heavy atom. The summed E-state index contributed by atoms with van der Waals surface area (Å²) in [4.78, 5) is 27.5. The van der Waals surface area contributed by atoms with E-state index in [1.807, 2.05) is 98.9 Å². The van der Waals surface area contributed by atoms with Crippen molar-refractivity contribution in [1.29, 1.82) is 0 Å². The van der Waals surface area contributed by atoms with E-state index in [4.69, 9.17) is 4.74 Å². The number of hydrogen-bond donors (Lipinski definition) is 0. The summed E-state index contributed by atoms with van der Waals surface area (Å²) in [7, 11) is 3.42. The zero-order valence-corrected chi connectivity index (χ0v) is 19.8. The lowest BCUT2D eigenvalue weighted by atomic mass is 10.1. The number of benzene rings is 3. The van der Waals surface area contributed by atoms with Crippen LogP contribution >= 0.6 is 0 Å². The van der Waals surface area contributed by atoms with Gasteiger partial charge in [0.05, 0.1) is 18.5 Å². The van der Waals surface area contributed by atoms with Gasteiger partial charge in [0.15, 0.2) is 5.69 Å². The fourth-order valence-corrected chi connectivity index (χ4v) is 4.25. The van der Waals surface area contributed by atoms with Crippen molar-refractivity contribution in [3.63, 3.8) is 0 Å².